The summed E-state index contributed by atoms with van der Waals surface area (Å²) in [7, 11) is 0. The molecule has 0 fully saturated rings. The Kier molecular flexibility index (Phi) is 4.74. The van der Waals surface area contributed by atoms with Gasteiger partial charge in [-0.2, -0.15) is 0 Å². The summed E-state index contributed by atoms with van der Waals surface area (Å²) in [4.78, 5) is 22.8. The van der Waals surface area contributed by atoms with Crippen LogP contribution in [-0.2, 0) is 9.59 Å². The maximum Gasteiger partial charge on any atom is 0.309 e. The van der Waals surface area contributed by atoms with Crippen LogP contribution >= 0.6 is 15.9 Å². The van der Waals surface area contributed by atoms with Crippen LogP contribution in [-0.4, -0.2) is 17.0 Å². The monoisotopic (exact) mass is 327 g/mol. The average Bonchev–Trinajstić information content (AvgIpc) is 2.24. The lowest BCUT2D eigenvalue weighted by molar-refractivity contribution is -0.148. The molecule has 0 aliphatic heterocycles. The number of hydrogen-bond donors (Lipinski definition) is 2. The summed E-state index contributed by atoms with van der Waals surface area (Å²) in [5.41, 5.74) is 1.66. The molecule has 4 nitrogen and oxygen atoms in total. The number of anilines is 1. The molecule has 0 aliphatic rings. The lowest BCUT2D eigenvalue weighted by Crippen LogP contribution is -2.29. The van der Waals surface area contributed by atoms with E-state index < -0.39 is 11.4 Å². The van der Waals surface area contributed by atoms with Gasteiger partial charge in [-0.25, -0.2) is 0 Å². The van der Waals surface area contributed by atoms with Gasteiger partial charge in [-0.3, -0.25) is 9.59 Å². The zero-order valence-corrected chi connectivity index (χ0v) is 13.1. The van der Waals surface area contributed by atoms with E-state index in [2.05, 4.69) is 21.2 Å². The highest BCUT2D eigenvalue weighted by Gasteiger charge is 2.30. The summed E-state index contributed by atoms with van der Waals surface area (Å²) in [5, 5.41) is 11.7. The minimum Gasteiger partial charge on any atom is -0.481 e. The molecule has 104 valence electrons. The van der Waals surface area contributed by atoms with Crippen LogP contribution in [0.2, 0.25) is 0 Å². The summed E-state index contributed by atoms with van der Waals surface area (Å²) >= 11 is 3.46. The first-order valence-corrected chi connectivity index (χ1v) is 6.73. The van der Waals surface area contributed by atoms with E-state index in [1.807, 2.05) is 26.0 Å². The van der Waals surface area contributed by atoms with Crippen LogP contribution in [0.1, 0.15) is 31.4 Å². The Morgan fingerprint density at radius 2 is 1.74 bits per heavy atom. The van der Waals surface area contributed by atoms with E-state index in [0.717, 1.165) is 15.6 Å². The van der Waals surface area contributed by atoms with Crippen molar-refractivity contribution in [1.29, 1.82) is 0 Å². The smallest absolute Gasteiger partial charge is 0.309 e. The standard InChI is InChI=1S/C14H18BrNO3/c1-8-5-10(6-9(2)12(8)15)16-11(17)7-14(3,4)13(18)19/h5-6H,7H2,1-4H3,(H,16,17)(H,18,19). The molecule has 5 heteroatoms. The number of benzene rings is 1. The third kappa shape index (κ3) is 4.06. The largest absolute Gasteiger partial charge is 0.481 e. The van der Waals surface area contributed by atoms with Gasteiger partial charge in [0.25, 0.3) is 0 Å². The molecule has 1 amide bonds. The van der Waals surface area contributed by atoms with Crippen molar-refractivity contribution >= 4 is 33.5 Å². The van der Waals surface area contributed by atoms with Gasteiger partial charge in [0.15, 0.2) is 0 Å². The van der Waals surface area contributed by atoms with Gasteiger partial charge in [0.05, 0.1) is 5.41 Å². The Morgan fingerprint density at radius 1 is 1.26 bits per heavy atom. The summed E-state index contributed by atoms with van der Waals surface area (Å²) in [6.07, 6.45) is -0.0590. The molecule has 0 unspecified atom stereocenters. The van der Waals surface area contributed by atoms with Crippen molar-refractivity contribution in [3.63, 3.8) is 0 Å². The van der Waals surface area contributed by atoms with Crippen LogP contribution in [0.3, 0.4) is 0 Å². The topological polar surface area (TPSA) is 66.4 Å². The van der Waals surface area contributed by atoms with Crippen molar-refractivity contribution in [3.05, 3.63) is 27.7 Å². The summed E-state index contributed by atoms with van der Waals surface area (Å²) < 4.78 is 1.01. The third-order valence-electron chi connectivity index (χ3n) is 2.90. The molecule has 0 saturated carbocycles. The van der Waals surface area contributed by atoms with Crippen LogP contribution < -0.4 is 5.32 Å². The molecule has 0 aromatic heterocycles. The Balaban J connectivity index is 2.81. The molecule has 1 rings (SSSR count). The van der Waals surface area contributed by atoms with Crippen molar-refractivity contribution in [1.82, 2.24) is 0 Å². The highest BCUT2D eigenvalue weighted by atomic mass is 79.9. The normalized spacial score (nSPS) is 11.2. The van der Waals surface area contributed by atoms with E-state index in [-0.39, 0.29) is 12.3 Å². The maximum absolute atomic E-state index is 11.9. The van der Waals surface area contributed by atoms with Crippen LogP contribution in [0.15, 0.2) is 16.6 Å². The van der Waals surface area contributed by atoms with Gasteiger partial charge in [0, 0.05) is 16.6 Å². The predicted molar refractivity (Wildman–Crippen MR) is 78.3 cm³/mol. The van der Waals surface area contributed by atoms with Crippen LogP contribution in [0.25, 0.3) is 0 Å². The Bertz CT molecular complexity index is 500. The number of amides is 1. The molecular formula is C14H18BrNO3. The maximum atomic E-state index is 11.9. The van der Waals surface area contributed by atoms with E-state index in [9.17, 15) is 9.59 Å². The van der Waals surface area contributed by atoms with Gasteiger partial charge in [0.1, 0.15) is 0 Å². The van der Waals surface area contributed by atoms with Crippen LogP contribution in [0.4, 0.5) is 5.69 Å². The number of aliphatic carboxylic acids is 1. The zero-order valence-electron chi connectivity index (χ0n) is 11.5. The number of halogens is 1. The molecule has 0 heterocycles. The first-order chi connectivity index (χ1) is 8.63. The summed E-state index contributed by atoms with van der Waals surface area (Å²) in [5.74, 6) is -1.28. The van der Waals surface area contributed by atoms with E-state index >= 15 is 0 Å². The Labute approximate surface area is 121 Å². The first-order valence-electron chi connectivity index (χ1n) is 5.93. The second kappa shape index (κ2) is 5.74. The SMILES string of the molecule is Cc1cc(NC(=O)CC(C)(C)C(=O)O)cc(C)c1Br. The molecule has 0 spiro atoms. The quantitative estimate of drug-likeness (QED) is 0.889. The van der Waals surface area contributed by atoms with E-state index in [4.69, 9.17) is 5.11 Å². The zero-order chi connectivity index (χ0) is 14.8. The van der Waals surface area contributed by atoms with Gasteiger partial charge in [0.2, 0.25) is 5.91 Å². The summed E-state index contributed by atoms with van der Waals surface area (Å²) in [6, 6.07) is 3.70. The van der Waals surface area contributed by atoms with Gasteiger partial charge < -0.3 is 10.4 Å². The highest BCUT2D eigenvalue weighted by Crippen LogP contribution is 2.26. The van der Waals surface area contributed by atoms with Crippen molar-refractivity contribution in [3.8, 4) is 0 Å². The molecule has 0 saturated heterocycles. The number of carboxylic acids is 1. The predicted octanol–water partition coefficient (Wildman–Crippen LogP) is 3.51. The number of hydrogen-bond acceptors (Lipinski definition) is 2. The van der Waals surface area contributed by atoms with E-state index in [1.165, 1.54) is 13.8 Å². The van der Waals surface area contributed by atoms with Crippen LogP contribution in [0, 0.1) is 19.3 Å². The second-order valence-corrected chi connectivity index (χ2v) is 6.13. The molecule has 0 atom stereocenters. The van der Waals surface area contributed by atoms with Crippen LogP contribution in [0.5, 0.6) is 0 Å². The molecule has 1 aromatic carbocycles. The minimum atomic E-state index is -1.07. The fraction of sp³-hybridized carbons (Fsp3) is 0.429. The number of carboxylic acid groups (broad SMARTS) is 1. The average molecular weight is 328 g/mol. The molecule has 1 aromatic rings. The molecule has 19 heavy (non-hydrogen) atoms. The minimum absolute atomic E-state index is 0.0590. The van der Waals surface area contributed by atoms with Gasteiger partial charge in [-0.1, -0.05) is 15.9 Å². The number of carbonyl (C=O) groups is 2. The number of carbonyl (C=O) groups excluding carboxylic acids is 1. The van der Waals surface area contributed by atoms with Crippen molar-refractivity contribution in [2.75, 3.05) is 5.32 Å². The number of nitrogens with one attached hydrogen (secondary N) is 1. The fourth-order valence-corrected chi connectivity index (χ4v) is 1.93. The molecule has 0 bridgehead atoms. The van der Waals surface area contributed by atoms with Crippen molar-refractivity contribution in [2.45, 2.75) is 34.1 Å². The molecule has 2 N–H and O–H groups in total. The molecule has 0 radical (unpaired) electrons. The Morgan fingerprint density at radius 3 is 2.16 bits per heavy atom. The lowest BCUT2D eigenvalue weighted by atomic mass is 9.89. The van der Waals surface area contributed by atoms with Gasteiger partial charge >= 0.3 is 5.97 Å². The summed E-state index contributed by atoms with van der Waals surface area (Å²) in [6.45, 7) is 6.95. The van der Waals surface area contributed by atoms with Gasteiger partial charge in [-0.05, 0) is 51.0 Å². The molecular weight excluding hydrogens is 310 g/mol. The van der Waals surface area contributed by atoms with Gasteiger partial charge in [-0.15, -0.1) is 0 Å². The highest BCUT2D eigenvalue weighted by molar-refractivity contribution is 9.10. The number of rotatable bonds is 4. The molecule has 0 aliphatic carbocycles. The van der Waals surface area contributed by atoms with E-state index in [0.29, 0.717) is 5.69 Å². The lowest BCUT2D eigenvalue weighted by Gasteiger charge is -2.18. The first kappa shape index (κ1) is 15.7. The van der Waals surface area contributed by atoms with E-state index in [1.54, 1.807) is 0 Å². The van der Waals surface area contributed by atoms with Crippen molar-refractivity contribution < 1.29 is 14.7 Å². The Hall–Kier alpha value is -1.36. The fourth-order valence-electron chi connectivity index (χ4n) is 1.70. The number of aryl methyl sites for hydroxylation is 2. The van der Waals surface area contributed by atoms with Crippen molar-refractivity contribution in [2.24, 2.45) is 5.41 Å². The third-order valence-corrected chi connectivity index (χ3v) is 4.15. The second-order valence-electron chi connectivity index (χ2n) is 5.34.